The molecular weight excluding hydrogens is 469 g/mol. The Morgan fingerprint density at radius 1 is 0.818 bits per heavy atom. The van der Waals surface area contributed by atoms with Crippen LogP contribution >= 0.6 is 0 Å². The molecule has 0 N–H and O–H groups in total. The van der Waals surface area contributed by atoms with Crippen molar-refractivity contribution in [2.45, 2.75) is 43.4 Å². The highest BCUT2D eigenvalue weighted by Gasteiger charge is 2.37. The van der Waals surface area contributed by atoms with E-state index in [-0.39, 0.29) is 52.5 Å². The Balaban J connectivity index is 2.56. The Hall–Kier alpha value is -2.85. The Kier molecular flexibility index (Phi) is 6.90. The van der Waals surface area contributed by atoms with E-state index in [2.05, 4.69) is 0 Å². The van der Waals surface area contributed by atoms with Gasteiger partial charge in [0.25, 0.3) is 0 Å². The molecule has 176 valence electrons. The maximum Gasteiger partial charge on any atom is 0.211 e. The monoisotopic (exact) mass is 493 g/mol. The standard InChI is InChI=1S/C23H24FNO6S2/c1-4-12-32(28,29)22-19-11-8-17(15(3)26)14-25(19)20(23(22)33(30,31)13-5-2)21(27)16-6-9-18(24)10-7-16/h6-11,14H,4-5,12-13H2,1-3H3. The van der Waals surface area contributed by atoms with Crippen LogP contribution in [0, 0.1) is 5.82 Å². The largest absolute Gasteiger partial charge is 0.310 e. The SMILES string of the molecule is CCCS(=O)(=O)c1c(S(=O)(=O)CCC)c2ccc(C(C)=O)cn2c1C(=O)c1ccc(F)cc1. The van der Waals surface area contributed by atoms with E-state index < -0.39 is 41.1 Å². The number of Topliss-reactive ketones (excluding diaryl/α,β-unsaturated/α-hetero) is 1. The van der Waals surface area contributed by atoms with Crippen molar-refractivity contribution in [2.24, 2.45) is 0 Å². The van der Waals surface area contributed by atoms with Crippen LogP contribution in [0.15, 0.2) is 52.4 Å². The van der Waals surface area contributed by atoms with Crippen molar-refractivity contribution in [3.05, 3.63) is 65.2 Å². The van der Waals surface area contributed by atoms with Crippen molar-refractivity contribution < 1.29 is 30.8 Å². The molecule has 0 saturated heterocycles. The smallest absolute Gasteiger partial charge is 0.211 e. The van der Waals surface area contributed by atoms with Gasteiger partial charge in [0, 0.05) is 17.3 Å². The molecule has 0 fully saturated rings. The van der Waals surface area contributed by atoms with Crippen LogP contribution in [-0.4, -0.2) is 44.3 Å². The molecule has 2 aromatic heterocycles. The number of hydrogen-bond donors (Lipinski definition) is 0. The molecule has 0 unspecified atom stereocenters. The Labute approximate surface area is 192 Å². The maximum atomic E-state index is 13.5. The summed E-state index contributed by atoms with van der Waals surface area (Å²) in [6.07, 6.45) is 1.70. The highest BCUT2D eigenvalue weighted by molar-refractivity contribution is 7.94. The zero-order valence-electron chi connectivity index (χ0n) is 18.5. The second kappa shape index (κ2) is 9.18. The zero-order chi connectivity index (χ0) is 24.6. The summed E-state index contributed by atoms with van der Waals surface area (Å²) < 4.78 is 67.8. The quantitative estimate of drug-likeness (QED) is 0.419. The van der Waals surface area contributed by atoms with Gasteiger partial charge < -0.3 is 4.40 Å². The minimum Gasteiger partial charge on any atom is -0.310 e. The molecule has 7 nitrogen and oxygen atoms in total. The molecule has 0 aliphatic carbocycles. The predicted molar refractivity (Wildman–Crippen MR) is 122 cm³/mol. The number of pyridine rings is 1. The summed E-state index contributed by atoms with van der Waals surface area (Å²) in [5.74, 6) is -2.42. The second-order valence-electron chi connectivity index (χ2n) is 7.71. The lowest BCUT2D eigenvalue weighted by atomic mass is 10.1. The van der Waals surface area contributed by atoms with Crippen molar-refractivity contribution >= 4 is 36.8 Å². The van der Waals surface area contributed by atoms with E-state index in [1.54, 1.807) is 13.8 Å². The molecule has 3 aromatic rings. The first kappa shape index (κ1) is 24.8. The number of hydrogen-bond acceptors (Lipinski definition) is 6. The van der Waals surface area contributed by atoms with E-state index in [1.165, 1.54) is 37.4 Å². The van der Waals surface area contributed by atoms with Gasteiger partial charge in [-0.2, -0.15) is 0 Å². The van der Waals surface area contributed by atoms with Crippen LogP contribution in [-0.2, 0) is 19.7 Å². The lowest BCUT2D eigenvalue weighted by Crippen LogP contribution is -2.17. The summed E-state index contributed by atoms with van der Waals surface area (Å²) in [6.45, 7) is 4.58. The van der Waals surface area contributed by atoms with Gasteiger partial charge >= 0.3 is 0 Å². The molecule has 0 saturated carbocycles. The van der Waals surface area contributed by atoms with Crippen molar-refractivity contribution in [3.8, 4) is 0 Å². The number of carbonyl (C=O) groups excluding carboxylic acids is 2. The second-order valence-corrected chi connectivity index (χ2v) is 11.8. The summed E-state index contributed by atoms with van der Waals surface area (Å²) in [5, 5.41) is 0. The molecule has 0 amide bonds. The van der Waals surface area contributed by atoms with Gasteiger partial charge in [-0.1, -0.05) is 13.8 Å². The van der Waals surface area contributed by atoms with Gasteiger partial charge in [0.2, 0.25) is 5.78 Å². The predicted octanol–water partition coefficient (Wildman–Crippen LogP) is 3.88. The number of carbonyl (C=O) groups is 2. The number of halogens is 1. The lowest BCUT2D eigenvalue weighted by Gasteiger charge is -2.09. The van der Waals surface area contributed by atoms with Crippen LogP contribution in [0.4, 0.5) is 4.39 Å². The van der Waals surface area contributed by atoms with Gasteiger partial charge in [-0.05, 0) is 56.2 Å². The number of sulfone groups is 2. The molecular formula is C23H24FNO6S2. The topological polar surface area (TPSA) is 107 Å². The minimum atomic E-state index is -4.21. The molecule has 33 heavy (non-hydrogen) atoms. The van der Waals surface area contributed by atoms with Crippen LogP contribution in [0.3, 0.4) is 0 Å². The van der Waals surface area contributed by atoms with E-state index >= 15 is 0 Å². The first-order valence-electron chi connectivity index (χ1n) is 10.4. The Bertz CT molecular complexity index is 1450. The van der Waals surface area contributed by atoms with Crippen molar-refractivity contribution in [3.63, 3.8) is 0 Å². The molecule has 0 aliphatic heterocycles. The van der Waals surface area contributed by atoms with Crippen molar-refractivity contribution in [1.82, 2.24) is 4.40 Å². The maximum absolute atomic E-state index is 13.5. The van der Waals surface area contributed by atoms with Crippen LogP contribution in [0.25, 0.3) is 5.52 Å². The van der Waals surface area contributed by atoms with Gasteiger partial charge in [-0.3, -0.25) is 9.59 Å². The molecule has 1 aromatic carbocycles. The fraction of sp³-hybridized carbons (Fsp3) is 0.304. The number of aromatic nitrogens is 1. The molecule has 0 spiro atoms. The molecule has 0 radical (unpaired) electrons. The highest BCUT2D eigenvalue weighted by Crippen LogP contribution is 2.36. The van der Waals surface area contributed by atoms with E-state index in [1.807, 2.05) is 0 Å². The average Bonchev–Trinajstić information content (AvgIpc) is 3.10. The molecule has 0 bridgehead atoms. The summed E-state index contributed by atoms with van der Waals surface area (Å²) in [6, 6.07) is 7.24. The number of benzene rings is 1. The van der Waals surface area contributed by atoms with Gasteiger partial charge in [-0.25, -0.2) is 21.2 Å². The summed E-state index contributed by atoms with van der Waals surface area (Å²) in [7, 11) is -8.31. The van der Waals surface area contributed by atoms with E-state index in [9.17, 15) is 30.8 Å². The fourth-order valence-corrected chi connectivity index (χ4v) is 7.68. The third kappa shape index (κ3) is 4.63. The molecule has 0 atom stereocenters. The average molecular weight is 494 g/mol. The fourth-order valence-electron chi connectivity index (χ4n) is 3.69. The normalized spacial score (nSPS) is 12.2. The van der Waals surface area contributed by atoms with E-state index in [4.69, 9.17) is 0 Å². The van der Waals surface area contributed by atoms with Crippen LogP contribution in [0.1, 0.15) is 60.0 Å². The molecule has 2 heterocycles. The summed E-state index contributed by atoms with van der Waals surface area (Å²) in [4.78, 5) is 24.5. The van der Waals surface area contributed by atoms with Crippen molar-refractivity contribution in [2.75, 3.05) is 11.5 Å². The number of rotatable bonds is 9. The molecule has 0 aliphatic rings. The lowest BCUT2D eigenvalue weighted by molar-refractivity contribution is 0.101. The highest BCUT2D eigenvalue weighted by atomic mass is 32.2. The number of fused-ring (bicyclic) bond motifs is 1. The number of nitrogens with zero attached hydrogens (tertiary/aromatic N) is 1. The van der Waals surface area contributed by atoms with E-state index in [0.717, 1.165) is 16.5 Å². The number of ketones is 2. The summed E-state index contributed by atoms with van der Waals surface area (Å²) in [5.41, 5.74) is -0.239. The first-order chi connectivity index (χ1) is 15.4. The van der Waals surface area contributed by atoms with Crippen LogP contribution in [0.2, 0.25) is 0 Å². The minimum absolute atomic E-state index is 0.00594. The van der Waals surface area contributed by atoms with Crippen molar-refractivity contribution in [1.29, 1.82) is 0 Å². The molecule has 10 heteroatoms. The Morgan fingerprint density at radius 3 is 1.85 bits per heavy atom. The third-order valence-corrected chi connectivity index (χ3v) is 9.21. The molecule has 3 rings (SSSR count). The first-order valence-corrected chi connectivity index (χ1v) is 13.7. The third-order valence-electron chi connectivity index (χ3n) is 5.14. The van der Waals surface area contributed by atoms with Gasteiger partial charge in [-0.15, -0.1) is 0 Å². The summed E-state index contributed by atoms with van der Waals surface area (Å²) >= 11 is 0. The Morgan fingerprint density at radius 2 is 1.33 bits per heavy atom. The zero-order valence-corrected chi connectivity index (χ0v) is 20.1. The van der Waals surface area contributed by atoms with Gasteiger partial charge in [0.1, 0.15) is 21.3 Å². The van der Waals surface area contributed by atoms with Crippen LogP contribution < -0.4 is 0 Å². The van der Waals surface area contributed by atoms with E-state index in [0.29, 0.717) is 0 Å². The van der Waals surface area contributed by atoms with Gasteiger partial charge in [0.05, 0.1) is 17.0 Å². The van der Waals surface area contributed by atoms with Gasteiger partial charge in [0.15, 0.2) is 25.5 Å². The van der Waals surface area contributed by atoms with Crippen LogP contribution in [0.5, 0.6) is 0 Å².